The van der Waals surface area contributed by atoms with Gasteiger partial charge in [0.1, 0.15) is 0 Å². The number of nitrogens with zero attached hydrogens (tertiary/aromatic N) is 2. The second-order valence-corrected chi connectivity index (χ2v) is 7.67. The van der Waals surface area contributed by atoms with Crippen molar-refractivity contribution in [3.8, 4) is 0 Å². The van der Waals surface area contributed by atoms with Crippen molar-refractivity contribution in [3.05, 3.63) is 44.3 Å². The van der Waals surface area contributed by atoms with Crippen LogP contribution in [0.1, 0.15) is 21.4 Å². The molecule has 2 amide bonds. The van der Waals surface area contributed by atoms with Crippen molar-refractivity contribution < 1.29 is 9.59 Å². The Morgan fingerprint density at radius 3 is 2.83 bits per heavy atom. The Labute approximate surface area is 143 Å². The smallest absolute Gasteiger partial charge is 0.237 e. The lowest BCUT2D eigenvalue weighted by Gasteiger charge is -2.36. The number of hydrogen-bond donors (Lipinski definition) is 1. The number of carbonyl (C=O) groups excluding carboxylic acids is 2. The van der Waals surface area contributed by atoms with E-state index in [0.717, 1.165) is 6.42 Å². The highest BCUT2D eigenvalue weighted by Crippen LogP contribution is 2.39. The third-order valence-corrected chi connectivity index (χ3v) is 5.85. The lowest BCUT2D eigenvalue weighted by Crippen LogP contribution is -2.45. The molecule has 2 aromatic heterocycles. The molecule has 0 fully saturated rings. The van der Waals surface area contributed by atoms with Crippen molar-refractivity contribution in [2.45, 2.75) is 12.5 Å². The molecule has 122 valence electrons. The first-order valence-corrected chi connectivity index (χ1v) is 9.18. The molecule has 3 heterocycles. The largest absolute Gasteiger partial charge is 0.369 e. The van der Waals surface area contributed by atoms with Gasteiger partial charge in [-0.2, -0.15) is 0 Å². The van der Waals surface area contributed by atoms with Gasteiger partial charge in [-0.15, -0.1) is 22.7 Å². The summed E-state index contributed by atoms with van der Waals surface area (Å²) in [7, 11) is 1.74. The molecule has 0 radical (unpaired) electrons. The molecule has 0 bridgehead atoms. The van der Waals surface area contributed by atoms with E-state index in [2.05, 4.69) is 17.5 Å². The van der Waals surface area contributed by atoms with Crippen molar-refractivity contribution in [1.82, 2.24) is 9.80 Å². The predicted octanol–water partition coefficient (Wildman–Crippen LogP) is 1.70. The number of amides is 2. The monoisotopic (exact) mass is 349 g/mol. The minimum absolute atomic E-state index is 0.0144. The van der Waals surface area contributed by atoms with Gasteiger partial charge in [-0.1, -0.05) is 6.07 Å². The number of fused-ring (bicyclic) bond motifs is 1. The van der Waals surface area contributed by atoms with Crippen LogP contribution in [0.5, 0.6) is 0 Å². The molecule has 23 heavy (non-hydrogen) atoms. The van der Waals surface area contributed by atoms with Gasteiger partial charge in [-0.25, -0.2) is 0 Å². The third-order valence-electron chi connectivity index (χ3n) is 3.93. The highest BCUT2D eigenvalue weighted by molar-refractivity contribution is 7.10. The second-order valence-electron chi connectivity index (χ2n) is 5.69. The molecule has 1 atom stereocenters. The van der Waals surface area contributed by atoms with E-state index in [1.165, 1.54) is 15.3 Å². The summed E-state index contributed by atoms with van der Waals surface area (Å²) >= 11 is 3.43. The minimum Gasteiger partial charge on any atom is -0.369 e. The third kappa shape index (κ3) is 3.46. The average Bonchev–Trinajstić information content (AvgIpc) is 3.16. The van der Waals surface area contributed by atoms with Crippen LogP contribution in [0, 0.1) is 0 Å². The van der Waals surface area contributed by atoms with Gasteiger partial charge in [0.05, 0.1) is 19.1 Å². The summed E-state index contributed by atoms with van der Waals surface area (Å²) in [5.41, 5.74) is 6.43. The van der Waals surface area contributed by atoms with Crippen LogP contribution in [-0.2, 0) is 16.0 Å². The number of carbonyl (C=O) groups is 2. The normalized spacial score (nSPS) is 17.3. The Morgan fingerprint density at radius 1 is 1.30 bits per heavy atom. The van der Waals surface area contributed by atoms with Crippen LogP contribution in [0.4, 0.5) is 0 Å². The van der Waals surface area contributed by atoms with Crippen molar-refractivity contribution in [1.29, 1.82) is 0 Å². The molecular weight excluding hydrogens is 330 g/mol. The molecule has 0 aliphatic carbocycles. The van der Waals surface area contributed by atoms with Crippen molar-refractivity contribution >= 4 is 34.5 Å². The molecule has 0 aromatic carbocycles. The van der Waals surface area contributed by atoms with Gasteiger partial charge in [0, 0.05) is 16.3 Å². The zero-order chi connectivity index (χ0) is 16.4. The number of hydrogen-bond acceptors (Lipinski definition) is 5. The molecule has 1 aliphatic heterocycles. The minimum atomic E-state index is -0.422. The summed E-state index contributed by atoms with van der Waals surface area (Å²) in [4.78, 5) is 29.9. The first kappa shape index (κ1) is 16.2. The van der Waals surface area contributed by atoms with Gasteiger partial charge in [0.25, 0.3) is 0 Å². The summed E-state index contributed by atoms with van der Waals surface area (Å²) in [6.07, 6.45) is 0.889. The maximum atomic E-state index is 12.8. The topological polar surface area (TPSA) is 66.6 Å². The molecule has 5 nitrogen and oxygen atoms in total. The molecule has 3 rings (SSSR count). The quantitative estimate of drug-likeness (QED) is 0.893. The van der Waals surface area contributed by atoms with Gasteiger partial charge in [-0.3, -0.25) is 14.5 Å². The standard InChI is InChI=1S/C16H19N3O2S2/c1-18(9-14(17)20)10-15(21)19-6-4-12-11(5-8-23-12)16(19)13-3-2-7-22-13/h2-3,5,7-8,16H,4,6,9-10H2,1H3,(H2,17,20). The van der Waals surface area contributed by atoms with Crippen molar-refractivity contribution in [3.63, 3.8) is 0 Å². The second kappa shape index (κ2) is 6.82. The lowest BCUT2D eigenvalue weighted by molar-refractivity contribution is -0.134. The summed E-state index contributed by atoms with van der Waals surface area (Å²) in [5.74, 6) is -0.391. The SMILES string of the molecule is CN(CC(N)=O)CC(=O)N1CCc2sccc2C1c1cccs1. The number of thiophene rings is 2. The van der Waals surface area contributed by atoms with Gasteiger partial charge in [0.15, 0.2) is 0 Å². The van der Waals surface area contributed by atoms with E-state index >= 15 is 0 Å². The first-order valence-electron chi connectivity index (χ1n) is 7.42. The fourth-order valence-corrected chi connectivity index (χ4v) is 4.74. The molecule has 7 heteroatoms. The number of likely N-dealkylation sites (N-methyl/N-ethyl adjacent to an activating group) is 1. The molecule has 0 saturated heterocycles. The highest BCUT2D eigenvalue weighted by atomic mass is 32.1. The van der Waals surface area contributed by atoms with Gasteiger partial charge in [-0.05, 0) is 41.9 Å². The predicted molar refractivity (Wildman–Crippen MR) is 92.6 cm³/mol. The lowest BCUT2D eigenvalue weighted by atomic mass is 9.98. The van der Waals surface area contributed by atoms with Crippen LogP contribution < -0.4 is 5.73 Å². The van der Waals surface area contributed by atoms with E-state index in [1.54, 1.807) is 34.6 Å². The Balaban J connectivity index is 1.83. The van der Waals surface area contributed by atoms with E-state index in [1.807, 2.05) is 16.3 Å². The van der Waals surface area contributed by atoms with Crippen LogP contribution in [0.3, 0.4) is 0 Å². The van der Waals surface area contributed by atoms with Gasteiger partial charge < -0.3 is 10.6 Å². The molecule has 0 spiro atoms. The van der Waals surface area contributed by atoms with E-state index in [0.29, 0.717) is 6.54 Å². The van der Waals surface area contributed by atoms with Crippen LogP contribution in [0.25, 0.3) is 0 Å². The fourth-order valence-electron chi connectivity index (χ4n) is 2.98. The Hall–Kier alpha value is -1.70. The molecule has 1 aliphatic rings. The van der Waals surface area contributed by atoms with Crippen LogP contribution in [0.15, 0.2) is 29.0 Å². The molecule has 2 N–H and O–H groups in total. The first-order chi connectivity index (χ1) is 11.1. The molecule has 0 saturated carbocycles. The van der Waals surface area contributed by atoms with E-state index in [4.69, 9.17) is 5.73 Å². The Morgan fingerprint density at radius 2 is 2.13 bits per heavy atom. The fraction of sp³-hybridized carbons (Fsp3) is 0.375. The van der Waals surface area contributed by atoms with E-state index in [9.17, 15) is 9.59 Å². The van der Waals surface area contributed by atoms with Gasteiger partial charge >= 0.3 is 0 Å². The maximum absolute atomic E-state index is 12.8. The van der Waals surface area contributed by atoms with Crippen molar-refractivity contribution in [2.75, 3.05) is 26.7 Å². The zero-order valence-corrected chi connectivity index (χ0v) is 14.5. The van der Waals surface area contributed by atoms with Crippen LogP contribution in [0.2, 0.25) is 0 Å². The van der Waals surface area contributed by atoms with E-state index < -0.39 is 5.91 Å². The van der Waals surface area contributed by atoms with Crippen molar-refractivity contribution in [2.24, 2.45) is 5.73 Å². The summed E-state index contributed by atoms with van der Waals surface area (Å²) in [6, 6.07) is 6.20. The number of primary amides is 1. The van der Waals surface area contributed by atoms with E-state index in [-0.39, 0.29) is 25.0 Å². The highest BCUT2D eigenvalue weighted by Gasteiger charge is 2.33. The number of rotatable bonds is 5. The average molecular weight is 349 g/mol. The summed E-state index contributed by atoms with van der Waals surface area (Å²) < 4.78 is 0. The molecular formula is C16H19N3O2S2. The molecule has 2 aromatic rings. The van der Waals surface area contributed by atoms with Crippen LogP contribution >= 0.6 is 22.7 Å². The number of nitrogens with two attached hydrogens (primary N) is 1. The zero-order valence-electron chi connectivity index (χ0n) is 12.9. The van der Waals surface area contributed by atoms with Gasteiger partial charge in [0.2, 0.25) is 11.8 Å². The van der Waals surface area contributed by atoms with Crippen LogP contribution in [-0.4, -0.2) is 48.3 Å². The molecule has 1 unspecified atom stereocenters. The maximum Gasteiger partial charge on any atom is 0.237 e. The Kier molecular flexibility index (Phi) is 4.79. The summed E-state index contributed by atoms with van der Waals surface area (Å²) in [5, 5.41) is 4.14. The Bertz CT molecular complexity index is 696. The summed E-state index contributed by atoms with van der Waals surface area (Å²) in [6.45, 7) is 0.997.